The maximum Gasteiger partial charge on any atom is 0.191 e. The van der Waals surface area contributed by atoms with E-state index in [0.29, 0.717) is 6.04 Å². The Balaban J connectivity index is 1.58. The Labute approximate surface area is 124 Å². The number of guanidine groups is 1. The Hall–Kier alpha value is -0.730. The van der Waals surface area contributed by atoms with Crippen LogP contribution in [-0.2, 0) is 0 Å². The molecule has 0 bridgehead atoms. The standard InChI is InChI=1S/C17H31N3/c1-3-7-14(8-4-1)13-16(15-9-5-2-6-10-15)20-17-18-11-12-19-17/h14-16H,1-13H2,(H2,18,19,20). The van der Waals surface area contributed by atoms with Gasteiger partial charge in [-0.3, -0.25) is 4.99 Å². The molecule has 0 radical (unpaired) electrons. The number of aliphatic imine (C=N–C) groups is 1. The minimum atomic E-state index is 0.669. The fourth-order valence-corrected chi connectivity index (χ4v) is 4.36. The quantitative estimate of drug-likeness (QED) is 0.825. The molecule has 3 aliphatic rings. The summed E-state index contributed by atoms with van der Waals surface area (Å²) in [5.74, 6) is 2.93. The van der Waals surface area contributed by atoms with Crippen molar-refractivity contribution in [3.05, 3.63) is 0 Å². The van der Waals surface area contributed by atoms with Crippen molar-refractivity contribution in [3.8, 4) is 0 Å². The monoisotopic (exact) mass is 277 g/mol. The zero-order valence-electron chi connectivity index (χ0n) is 12.9. The SMILES string of the molecule is C1CCC(CC(NC2=NCCN2)C2CCCCC2)CC1. The van der Waals surface area contributed by atoms with Crippen LogP contribution in [0.3, 0.4) is 0 Å². The fraction of sp³-hybridized carbons (Fsp3) is 0.941. The second kappa shape index (κ2) is 7.33. The van der Waals surface area contributed by atoms with Crippen LogP contribution in [0.25, 0.3) is 0 Å². The number of nitrogens with zero attached hydrogens (tertiary/aromatic N) is 1. The lowest BCUT2D eigenvalue weighted by molar-refractivity contribution is 0.227. The predicted octanol–water partition coefficient (Wildman–Crippen LogP) is 3.45. The molecule has 1 atom stereocenters. The number of nitrogens with one attached hydrogen (secondary N) is 2. The zero-order valence-corrected chi connectivity index (χ0v) is 12.9. The van der Waals surface area contributed by atoms with Crippen LogP contribution in [-0.4, -0.2) is 25.1 Å². The summed E-state index contributed by atoms with van der Waals surface area (Å²) in [6.07, 6.45) is 15.9. The lowest BCUT2D eigenvalue weighted by Gasteiger charge is -2.35. The molecule has 0 amide bonds. The lowest BCUT2D eigenvalue weighted by atomic mass is 9.77. The third-order valence-corrected chi connectivity index (χ3v) is 5.53. The Bertz CT molecular complexity index is 314. The van der Waals surface area contributed by atoms with Crippen LogP contribution in [0.2, 0.25) is 0 Å². The summed E-state index contributed by atoms with van der Waals surface area (Å²) in [7, 11) is 0. The zero-order chi connectivity index (χ0) is 13.6. The van der Waals surface area contributed by atoms with E-state index in [1.165, 1.54) is 70.6 Å². The van der Waals surface area contributed by atoms with Gasteiger partial charge in [0.05, 0.1) is 6.54 Å². The van der Waals surface area contributed by atoms with Crippen molar-refractivity contribution in [2.45, 2.75) is 76.7 Å². The molecule has 2 N–H and O–H groups in total. The van der Waals surface area contributed by atoms with Gasteiger partial charge in [-0.15, -0.1) is 0 Å². The van der Waals surface area contributed by atoms with Crippen molar-refractivity contribution in [1.29, 1.82) is 0 Å². The minimum absolute atomic E-state index is 0.669. The van der Waals surface area contributed by atoms with Crippen LogP contribution >= 0.6 is 0 Å². The van der Waals surface area contributed by atoms with Crippen LogP contribution in [0.5, 0.6) is 0 Å². The number of rotatable bonds is 4. The third kappa shape index (κ3) is 3.89. The molecule has 0 aromatic carbocycles. The van der Waals surface area contributed by atoms with Crippen LogP contribution < -0.4 is 10.6 Å². The highest BCUT2D eigenvalue weighted by Crippen LogP contribution is 2.33. The second-order valence-corrected chi connectivity index (χ2v) is 7.05. The minimum Gasteiger partial charge on any atom is -0.355 e. The van der Waals surface area contributed by atoms with Gasteiger partial charge in [-0.2, -0.15) is 0 Å². The largest absolute Gasteiger partial charge is 0.355 e. The molecular formula is C17H31N3. The van der Waals surface area contributed by atoms with Crippen molar-refractivity contribution < 1.29 is 0 Å². The van der Waals surface area contributed by atoms with Gasteiger partial charge in [0.25, 0.3) is 0 Å². The molecule has 0 spiro atoms. The lowest BCUT2D eigenvalue weighted by Crippen LogP contribution is -2.46. The molecule has 0 aromatic heterocycles. The molecule has 3 heteroatoms. The first-order valence-electron chi connectivity index (χ1n) is 8.96. The number of hydrogen-bond acceptors (Lipinski definition) is 3. The van der Waals surface area contributed by atoms with Gasteiger partial charge >= 0.3 is 0 Å². The average Bonchev–Trinajstić information content (AvgIpc) is 3.02. The van der Waals surface area contributed by atoms with Crippen molar-refractivity contribution in [3.63, 3.8) is 0 Å². The van der Waals surface area contributed by atoms with Gasteiger partial charge < -0.3 is 10.6 Å². The van der Waals surface area contributed by atoms with E-state index in [-0.39, 0.29) is 0 Å². The topological polar surface area (TPSA) is 36.4 Å². The normalized spacial score (nSPS) is 26.9. The molecule has 114 valence electrons. The molecule has 20 heavy (non-hydrogen) atoms. The first-order chi connectivity index (χ1) is 9.92. The molecule has 1 aliphatic heterocycles. The molecule has 1 heterocycles. The average molecular weight is 277 g/mol. The van der Waals surface area contributed by atoms with E-state index in [2.05, 4.69) is 15.6 Å². The maximum atomic E-state index is 4.56. The fourth-order valence-electron chi connectivity index (χ4n) is 4.36. The Kier molecular flexibility index (Phi) is 5.21. The Morgan fingerprint density at radius 2 is 1.70 bits per heavy atom. The van der Waals surface area contributed by atoms with Gasteiger partial charge in [0.2, 0.25) is 0 Å². The van der Waals surface area contributed by atoms with Crippen molar-refractivity contribution >= 4 is 5.96 Å². The Morgan fingerprint density at radius 1 is 1.00 bits per heavy atom. The van der Waals surface area contributed by atoms with Crippen LogP contribution in [0.15, 0.2) is 4.99 Å². The van der Waals surface area contributed by atoms with Crippen LogP contribution in [0, 0.1) is 11.8 Å². The van der Waals surface area contributed by atoms with E-state index in [0.717, 1.165) is 30.9 Å². The van der Waals surface area contributed by atoms with E-state index in [1.807, 2.05) is 0 Å². The van der Waals surface area contributed by atoms with Gasteiger partial charge in [-0.05, 0) is 31.1 Å². The third-order valence-electron chi connectivity index (χ3n) is 5.53. The molecular weight excluding hydrogens is 246 g/mol. The summed E-state index contributed by atoms with van der Waals surface area (Å²) in [6, 6.07) is 0.669. The summed E-state index contributed by atoms with van der Waals surface area (Å²) >= 11 is 0. The second-order valence-electron chi connectivity index (χ2n) is 7.05. The molecule has 0 aromatic rings. The molecule has 2 saturated carbocycles. The number of hydrogen-bond donors (Lipinski definition) is 2. The first-order valence-corrected chi connectivity index (χ1v) is 8.96. The summed E-state index contributed by atoms with van der Waals surface area (Å²) < 4.78 is 0. The van der Waals surface area contributed by atoms with Crippen LogP contribution in [0.1, 0.15) is 70.6 Å². The molecule has 3 rings (SSSR count). The van der Waals surface area contributed by atoms with E-state index in [1.54, 1.807) is 0 Å². The van der Waals surface area contributed by atoms with Gasteiger partial charge in [0.1, 0.15) is 0 Å². The van der Waals surface area contributed by atoms with Gasteiger partial charge in [-0.1, -0.05) is 51.4 Å². The van der Waals surface area contributed by atoms with E-state index < -0.39 is 0 Å². The van der Waals surface area contributed by atoms with E-state index in [4.69, 9.17) is 0 Å². The van der Waals surface area contributed by atoms with Crippen molar-refractivity contribution in [2.75, 3.05) is 13.1 Å². The van der Waals surface area contributed by atoms with E-state index in [9.17, 15) is 0 Å². The molecule has 0 saturated heterocycles. The van der Waals surface area contributed by atoms with E-state index >= 15 is 0 Å². The highest BCUT2D eigenvalue weighted by atomic mass is 15.2. The maximum absolute atomic E-state index is 4.56. The Morgan fingerprint density at radius 3 is 2.35 bits per heavy atom. The first kappa shape index (κ1) is 14.2. The smallest absolute Gasteiger partial charge is 0.191 e. The summed E-state index contributed by atoms with van der Waals surface area (Å²) in [5, 5.41) is 7.17. The molecule has 2 aliphatic carbocycles. The predicted molar refractivity (Wildman–Crippen MR) is 85.0 cm³/mol. The highest BCUT2D eigenvalue weighted by Gasteiger charge is 2.28. The molecule has 1 unspecified atom stereocenters. The van der Waals surface area contributed by atoms with Gasteiger partial charge in [-0.25, -0.2) is 0 Å². The summed E-state index contributed by atoms with van der Waals surface area (Å²) in [6.45, 7) is 1.96. The van der Waals surface area contributed by atoms with Gasteiger partial charge in [0, 0.05) is 12.6 Å². The summed E-state index contributed by atoms with van der Waals surface area (Å²) in [5.41, 5.74) is 0. The summed E-state index contributed by atoms with van der Waals surface area (Å²) in [4.78, 5) is 4.56. The van der Waals surface area contributed by atoms with Crippen molar-refractivity contribution in [1.82, 2.24) is 10.6 Å². The molecule has 3 nitrogen and oxygen atoms in total. The van der Waals surface area contributed by atoms with Gasteiger partial charge in [0.15, 0.2) is 5.96 Å². The molecule has 2 fully saturated rings. The highest BCUT2D eigenvalue weighted by molar-refractivity contribution is 5.81. The van der Waals surface area contributed by atoms with Crippen molar-refractivity contribution in [2.24, 2.45) is 16.8 Å². The van der Waals surface area contributed by atoms with Crippen LogP contribution in [0.4, 0.5) is 0 Å².